The van der Waals surface area contributed by atoms with E-state index in [-0.39, 0.29) is 6.10 Å². The van der Waals surface area contributed by atoms with E-state index in [2.05, 4.69) is 22.8 Å². The van der Waals surface area contributed by atoms with E-state index in [1.165, 1.54) is 0 Å². The van der Waals surface area contributed by atoms with Crippen LogP contribution >= 0.6 is 22.9 Å². The van der Waals surface area contributed by atoms with Crippen LogP contribution in [-0.4, -0.2) is 22.7 Å². The predicted octanol–water partition coefficient (Wildman–Crippen LogP) is 4.09. The first-order chi connectivity index (χ1) is 10.6. The Morgan fingerprint density at radius 3 is 2.91 bits per heavy atom. The number of nitrogens with one attached hydrogen (secondary N) is 1. The van der Waals surface area contributed by atoms with Gasteiger partial charge in [0.1, 0.15) is 0 Å². The van der Waals surface area contributed by atoms with Gasteiger partial charge in [0.15, 0.2) is 0 Å². The number of nitrogens with zero attached hydrogens (tertiary/aromatic N) is 1. The highest BCUT2D eigenvalue weighted by Gasteiger charge is 2.10. The number of thiophene rings is 1. The van der Waals surface area contributed by atoms with Crippen molar-refractivity contribution in [1.29, 1.82) is 0 Å². The molecule has 1 unspecified atom stereocenters. The van der Waals surface area contributed by atoms with Crippen molar-refractivity contribution in [3.8, 4) is 11.3 Å². The minimum absolute atomic E-state index is 0.364. The molecular weight excluding hydrogens is 316 g/mol. The van der Waals surface area contributed by atoms with E-state index in [9.17, 15) is 5.11 Å². The summed E-state index contributed by atoms with van der Waals surface area (Å²) in [5, 5.41) is 18.6. The first kappa shape index (κ1) is 15.4. The molecule has 3 nitrogen and oxygen atoms in total. The molecule has 22 heavy (non-hydrogen) atoms. The van der Waals surface area contributed by atoms with E-state index in [1.54, 1.807) is 18.3 Å². The van der Waals surface area contributed by atoms with Gasteiger partial charge in [-0.1, -0.05) is 17.7 Å². The Bertz CT molecular complexity index is 772. The molecule has 3 rings (SSSR count). The summed E-state index contributed by atoms with van der Waals surface area (Å²) < 4.78 is 0. The van der Waals surface area contributed by atoms with Crippen LogP contribution in [0.3, 0.4) is 0 Å². The van der Waals surface area contributed by atoms with Gasteiger partial charge in [0.2, 0.25) is 0 Å². The first-order valence-corrected chi connectivity index (χ1v) is 8.46. The van der Waals surface area contributed by atoms with Crippen LogP contribution in [0.2, 0.25) is 5.02 Å². The van der Waals surface area contributed by atoms with Gasteiger partial charge >= 0.3 is 0 Å². The second-order valence-corrected chi connectivity index (χ2v) is 6.54. The Morgan fingerprint density at radius 2 is 2.18 bits per heavy atom. The molecule has 0 fully saturated rings. The minimum Gasteiger partial charge on any atom is -0.392 e. The lowest BCUT2D eigenvalue weighted by Crippen LogP contribution is -2.24. The molecule has 0 amide bonds. The van der Waals surface area contributed by atoms with E-state index >= 15 is 0 Å². The SMILES string of the molecule is CC(O)CNCc1cc2ccc(Cl)cc2nc1-c1ccsc1. The Kier molecular flexibility index (Phi) is 4.74. The smallest absolute Gasteiger partial charge is 0.0763 e. The maximum absolute atomic E-state index is 9.39. The molecule has 0 aliphatic carbocycles. The van der Waals surface area contributed by atoms with Crippen molar-refractivity contribution in [3.63, 3.8) is 0 Å². The lowest BCUT2D eigenvalue weighted by atomic mass is 10.1. The normalized spacial score (nSPS) is 12.7. The number of fused-ring (bicyclic) bond motifs is 1. The van der Waals surface area contributed by atoms with Crippen molar-refractivity contribution in [1.82, 2.24) is 10.3 Å². The predicted molar refractivity (Wildman–Crippen MR) is 93.5 cm³/mol. The average molecular weight is 333 g/mol. The van der Waals surface area contributed by atoms with Crippen LogP contribution < -0.4 is 5.32 Å². The number of hydrogen-bond acceptors (Lipinski definition) is 4. The van der Waals surface area contributed by atoms with Crippen LogP contribution in [0.1, 0.15) is 12.5 Å². The number of pyridine rings is 1. The van der Waals surface area contributed by atoms with Gasteiger partial charge in [-0.3, -0.25) is 0 Å². The number of rotatable bonds is 5. The maximum Gasteiger partial charge on any atom is 0.0763 e. The fourth-order valence-electron chi connectivity index (χ4n) is 2.38. The third-order valence-corrected chi connectivity index (χ3v) is 4.33. The Hall–Kier alpha value is -1.46. The van der Waals surface area contributed by atoms with Gasteiger partial charge in [0.05, 0.1) is 17.3 Å². The number of aliphatic hydroxyl groups is 1. The second kappa shape index (κ2) is 6.75. The van der Waals surface area contributed by atoms with E-state index in [4.69, 9.17) is 16.6 Å². The van der Waals surface area contributed by atoms with Gasteiger partial charge in [-0.25, -0.2) is 4.98 Å². The monoisotopic (exact) mass is 332 g/mol. The molecule has 0 bridgehead atoms. The number of hydrogen-bond donors (Lipinski definition) is 2. The van der Waals surface area contributed by atoms with Crippen molar-refractivity contribution in [2.45, 2.75) is 19.6 Å². The van der Waals surface area contributed by atoms with Crippen molar-refractivity contribution in [3.05, 3.63) is 51.7 Å². The third-order valence-electron chi connectivity index (χ3n) is 3.41. The lowest BCUT2D eigenvalue weighted by Gasteiger charge is -2.12. The van der Waals surface area contributed by atoms with Crippen LogP contribution in [0.15, 0.2) is 41.1 Å². The van der Waals surface area contributed by atoms with Gasteiger partial charge in [-0.05, 0) is 42.1 Å². The summed E-state index contributed by atoms with van der Waals surface area (Å²) in [4.78, 5) is 4.80. The Labute approximate surface area is 138 Å². The average Bonchev–Trinajstić information content (AvgIpc) is 3.00. The molecule has 5 heteroatoms. The van der Waals surface area contributed by atoms with Gasteiger partial charge in [0, 0.05) is 34.4 Å². The molecule has 2 aromatic heterocycles. The number of benzene rings is 1. The largest absolute Gasteiger partial charge is 0.392 e. The minimum atomic E-state index is -0.364. The summed E-state index contributed by atoms with van der Waals surface area (Å²) in [6.45, 7) is 3.00. The van der Waals surface area contributed by atoms with Gasteiger partial charge in [-0.15, -0.1) is 0 Å². The zero-order valence-corrected chi connectivity index (χ0v) is 13.8. The molecular formula is C17H17ClN2OS. The lowest BCUT2D eigenvalue weighted by molar-refractivity contribution is 0.191. The van der Waals surface area contributed by atoms with Gasteiger partial charge in [-0.2, -0.15) is 11.3 Å². The van der Waals surface area contributed by atoms with Crippen LogP contribution in [-0.2, 0) is 6.54 Å². The van der Waals surface area contributed by atoms with Crippen molar-refractivity contribution >= 4 is 33.8 Å². The van der Waals surface area contributed by atoms with Gasteiger partial charge in [0.25, 0.3) is 0 Å². The summed E-state index contributed by atoms with van der Waals surface area (Å²) in [6.07, 6.45) is -0.364. The fraction of sp³-hybridized carbons (Fsp3) is 0.235. The molecule has 0 saturated carbocycles. The summed E-state index contributed by atoms with van der Waals surface area (Å²) in [5.41, 5.74) is 4.09. The zero-order chi connectivity index (χ0) is 15.5. The fourth-order valence-corrected chi connectivity index (χ4v) is 3.19. The highest BCUT2D eigenvalue weighted by Crippen LogP contribution is 2.28. The highest BCUT2D eigenvalue weighted by atomic mass is 35.5. The van der Waals surface area contributed by atoms with E-state index in [1.807, 2.05) is 23.6 Å². The van der Waals surface area contributed by atoms with E-state index in [0.717, 1.165) is 27.7 Å². The number of halogens is 1. The molecule has 0 radical (unpaired) electrons. The van der Waals surface area contributed by atoms with Crippen molar-refractivity contribution in [2.75, 3.05) is 6.54 Å². The molecule has 1 atom stereocenters. The molecule has 0 aliphatic rings. The molecule has 0 spiro atoms. The molecule has 2 heterocycles. The zero-order valence-electron chi connectivity index (χ0n) is 12.2. The first-order valence-electron chi connectivity index (χ1n) is 7.14. The topological polar surface area (TPSA) is 45.1 Å². The van der Waals surface area contributed by atoms with Crippen LogP contribution in [0, 0.1) is 0 Å². The standard InChI is InChI=1S/C17H17ClN2OS/c1-11(21)8-19-9-14-6-12-2-3-15(18)7-16(12)20-17(14)13-4-5-22-10-13/h2-7,10-11,19,21H,8-9H2,1H3. The van der Waals surface area contributed by atoms with Crippen LogP contribution in [0.5, 0.6) is 0 Å². The molecule has 1 aromatic carbocycles. The van der Waals surface area contributed by atoms with E-state index in [0.29, 0.717) is 18.1 Å². The second-order valence-electron chi connectivity index (χ2n) is 5.33. The third kappa shape index (κ3) is 3.47. The summed E-state index contributed by atoms with van der Waals surface area (Å²) in [7, 11) is 0. The highest BCUT2D eigenvalue weighted by molar-refractivity contribution is 7.08. The molecule has 0 aliphatic heterocycles. The van der Waals surface area contributed by atoms with Crippen LogP contribution in [0.25, 0.3) is 22.2 Å². The van der Waals surface area contributed by atoms with Crippen molar-refractivity contribution < 1.29 is 5.11 Å². The maximum atomic E-state index is 9.39. The summed E-state index contributed by atoms with van der Waals surface area (Å²) in [6, 6.07) is 9.96. The Morgan fingerprint density at radius 1 is 1.32 bits per heavy atom. The quantitative estimate of drug-likeness (QED) is 0.739. The summed E-state index contributed by atoms with van der Waals surface area (Å²) >= 11 is 7.73. The van der Waals surface area contributed by atoms with Gasteiger partial charge < -0.3 is 10.4 Å². The van der Waals surface area contributed by atoms with Crippen molar-refractivity contribution in [2.24, 2.45) is 0 Å². The number of aromatic nitrogens is 1. The molecule has 114 valence electrons. The summed E-state index contributed by atoms with van der Waals surface area (Å²) in [5.74, 6) is 0. The molecule has 3 aromatic rings. The van der Waals surface area contributed by atoms with Crippen LogP contribution in [0.4, 0.5) is 0 Å². The Balaban J connectivity index is 2.03. The molecule has 0 saturated heterocycles. The number of aliphatic hydroxyl groups excluding tert-OH is 1. The van der Waals surface area contributed by atoms with E-state index < -0.39 is 0 Å². The molecule has 2 N–H and O–H groups in total.